The van der Waals surface area contributed by atoms with Crippen molar-refractivity contribution < 1.29 is 23.1 Å². The molecule has 1 unspecified atom stereocenters. The van der Waals surface area contributed by atoms with E-state index in [0.29, 0.717) is 22.6 Å². The predicted molar refractivity (Wildman–Crippen MR) is 86.1 cm³/mol. The minimum Gasteiger partial charge on any atom is -0.465 e. The summed E-state index contributed by atoms with van der Waals surface area (Å²) in [6.07, 6.45) is 0. The fourth-order valence-electron chi connectivity index (χ4n) is 2.49. The van der Waals surface area contributed by atoms with Crippen LogP contribution in [0.25, 0.3) is 0 Å². The lowest BCUT2D eigenvalue weighted by atomic mass is 10.00. The lowest BCUT2D eigenvalue weighted by Gasteiger charge is -2.20. The molecule has 0 saturated heterocycles. The first kappa shape index (κ1) is 17.7. The number of rotatable bonds is 5. The van der Waals surface area contributed by atoms with Gasteiger partial charge in [-0.2, -0.15) is 0 Å². The molecular formula is C18H20FNO4. The van der Waals surface area contributed by atoms with Crippen molar-refractivity contribution in [1.29, 1.82) is 0 Å². The third-order valence-corrected chi connectivity index (χ3v) is 3.86. The molecule has 0 saturated carbocycles. The van der Waals surface area contributed by atoms with Crippen LogP contribution in [0.1, 0.15) is 40.3 Å². The molecule has 1 amide bonds. The summed E-state index contributed by atoms with van der Waals surface area (Å²) in [6.45, 7) is 3.59. The molecule has 5 nitrogen and oxygen atoms in total. The minimum absolute atomic E-state index is 0.172. The lowest BCUT2D eigenvalue weighted by Crippen LogP contribution is -2.30. The lowest BCUT2D eigenvalue weighted by molar-refractivity contribution is -0.131. The average Bonchev–Trinajstić information content (AvgIpc) is 2.92. The van der Waals surface area contributed by atoms with Crippen LogP contribution >= 0.6 is 0 Å². The monoisotopic (exact) mass is 333 g/mol. The maximum atomic E-state index is 13.3. The zero-order valence-electron chi connectivity index (χ0n) is 14.1. The average molecular weight is 333 g/mol. The number of benzene rings is 1. The molecule has 24 heavy (non-hydrogen) atoms. The van der Waals surface area contributed by atoms with Gasteiger partial charge in [0.2, 0.25) is 5.91 Å². The number of nitrogens with zero attached hydrogens (tertiary/aromatic N) is 1. The SMILES string of the molecule is COC(=O)c1cc(CN(C)C(=O)C(C)c2cccc(F)c2)oc1C. The van der Waals surface area contributed by atoms with Gasteiger partial charge >= 0.3 is 5.97 Å². The van der Waals surface area contributed by atoms with Gasteiger partial charge < -0.3 is 14.1 Å². The standard InChI is InChI=1S/C18H20FNO4/c1-11(13-6-5-7-14(19)8-13)17(21)20(3)10-15-9-16(12(2)24-15)18(22)23-4/h5-9,11H,10H2,1-4H3. The second kappa shape index (κ2) is 7.29. The van der Waals surface area contributed by atoms with Crippen molar-refractivity contribution in [1.82, 2.24) is 4.90 Å². The highest BCUT2D eigenvalue weighted by Gasteiger charge is 2.22. The molecule has 1 heterocycles. The Hall–Kier alpha value is -2.63. The fourth-order valence-corrected chi connectivity index (χ4v) is 2.49. The van der Waals surface area contributed by atoms with E-state index in [-0.39, 0.29) is 18.3 Å². The molecule has 0 fully saturated rings. The highest BCUT2D eigenvalue weighted by atomic mass is 19.1. The van der Waals surface area contributed by atoms with Crippen molar-refractivity contribution in [3.05, 3.63) is 58.8 Å². The summed E-state index contributed by atoms with van der Waals surface area (Å²) in [4.78, 5) is 25.6. The minimum atomic E-state index is -0.484. The van der Waals surface area contributed by atoms with Gasteiger partial charge in [0.1, 0.15) is 22.9 Å². The largest absolute Gasteiger partial charge is 0.465 e. The van der Waals surface area contributed by atoms with E-state index >= 15 is 0 Å². The molecule has 1 atom stereocenters. The van der Waals surface area contributed by atoms with Crippen LogP contribution in [0.4, 0.5) is 4.39 Å². The van der Waals surface area contributed by atoms with Gasteiger partial charge in [0.05, 0.1) is 19.6 Å². The van der Waals surface area contributed by atoms with E-state index in [0.717, 1.165) is 0 Å². The van der Waals surface area contributed by atoms with E-state index in [9.17, 15) is 14.0 Å². The summed E-state index contributed by atoms with van der Waals surface area (Å²) >= 11 is 0. The molecule has 2 aromatic rings. The Morgan fingerprint density at radius 1 is 1.33 bits per heavy atom. The molecular weight excluding hydrogens is 313 g/mol. The molecule has 0 radical (unpaired) electrons. The summed E-state index contributed by atoms with van der Waals surface area (Å²) in [5, 5.41) is 0. The summed E-state index contributed by atoms with van der Waals surface area (Å²) in [5.41, 5.74) is 0.948. The van der Waals surface area contributed by atoms with Crippen LogP contribution in [-0.4, -0.2) is 30.9 Å². The summed E-state index contributed by atoms with van der Waals surface area (Å²) < 4.78 is 23.5. The van der Waals surface area contributed by atoms with Gasteiger partial charge in [-0.25, -0.2) is 9.18 Å². The zero-order chi connectivity index (χ0) is 17.9. The number of methoxy groups -OCH3 is 1. The van der Waals surface area contributed by atoms with Crippen molar-refractivity contribution in [3.8, 4) is 0 Å². The van der Waals surface area contributed by atoms with Crippen molar-refractivity contribution in [2.24, 2.45) is 0 Å². The van der Waals surface area contributed by atoms with Crippen LogP contribution in [0.3, 0.4) is 0 Å². The Labute approximate surface area is 140 Å². The van der Waals surface area contributed by atoms with E-state index in [4.69, 9.17) is 4.42 Å². The van der Waals surface area contributed by atoms with Crippen molar-refractivity contribution >= 4 is 11.9 Å². The van der Waals surface area contributed by atoms with Gasteiger partial charge in [-0.05, 0) is 37.6 Å². The Morgan fingerprint density at radius 2 is 2.04 bits per heavy atom. The Bertz CT molecular complexity index is 753. The molecule has 6 heteroatoms. The molecule has 1 aromatic carbocycles. The van der Waals surface area contributed by atoms with Crippen molar-refractivity contribution in [3.63, 3.8) is 0 Å². The predicted octanol–water partition coefficient (Wildman–Crippen LogP) is 3.28. The van der Waals surface area contributed by atoms with Gasteiger partial charge in [-0.3, -0.25) is 4.79 Å². The molecule has 0 aliphatic rings. The number of furan rings is 1. The molecule has 2 rings (SSSR count). The van der Waals surface area contributed by atoms with E-state index in [1.807, 2.05) is 0 Å². The van der Waals surface area contributed by atoms with Gasteiger partial charge in [-0.15, -0.1) is 0 Å². The number of amides is 1. The van der Waals surface area contributed by atoms with Gasteiger partial charge in [-0.1, -0.05) is 12.1 Å². The molecule has 0 aliphatic heterocycles. The fraction of sp³-hybridized carbons (Fsp3) is 0.333. The second-order valence-electron chi connectivity index (χ2n) is 5.65. The summed E-state index contributed by atoms with van der Waals surface area (Å²) in [7, 11) is 2.93. The first-order valence-corrected chi connectivity index (χ1v) is 7.51. The highest BCUT2D eigenvalue weighted by molar-refractivity contribution is 5.90. The number of esters is 1. The van der Waals surface area contributed by atoms with Gasteiger partial charge in [0, 0.05) is 7.05 Å². The number of ether oxygens (including phenoxy) is 1. The Kier molecular flexibility index (Phi) is 5.39. The first-order chi connectivity index (χ1) is 11.3. The summed E-state index contributed by atoms with van der Waals surface area (Å²) in [5.74, 6) is -0.592. The maximum absolute atomic E-state index is 13.3. The molecule has 0 aliphatic carbocycles. The topological polar surface area (TPSA) is 59.8 Å². The van der Waals surface area contributed by atoms with E-state index in [1.54, 1.807) is 39.1 Å². The van der Waals surface area contributed by atoms with Crippen LogP contribution in [-0.2, 0) is 16.1 Å². The number of halogens is 1. The maximum Gasteiger partial charge on any atom is 0.341 e. The first-order valence-electron chi connectivity index (χ1n) is 7.51. The highest BCUT2D eigenvalue weighted by Crippen LogP contribution is 2.21. The smallest absolute Gasteiger partial charge is 0.341 e. The van der Waals surface area contributed by atoms with E-state index in [1.165, 1.54) is 24.1 Å². The number of carbonyl (C=O) groups excluding carboxylic acids is 2. The quantitative estimate of drug-likeness (QED) is 0.788. The van der Waals surface area contributed by atoms with Crippen molar-refractivity contribution in [2.75, 3.05) is 14.2 Å². The summed E-state index contributed by atoms with van der Waals surface area (Å²) in [6, 6.07) is 7.55. The molecule has 1 aromatic heterocycles. The second-order valence-corrected chi connectivity index (χ2v) is 5.65. The number of hydrogen-bond acceptors (Lipinski definition) is 4. The van der Waals surface area contributed by atoms with Crippen LogP contribution in [0.5, 0.6) is 0 Å². The van der Waals surface area contributed by atoms with Crippen LogP contribution < -0.4 is 0 Å². The molecule has 0 spiro atoms. The third-order valence-electron chi connectivity index (χ3n) is 3.86. The number of hydrogen-bond donors (Lipinski definition) is 0. The molecule has 128 valence electrons. The number of aryl methyl sites for hydroxylation is 1. The van der Waals surface area contributed by atoms with Gasteiger partial charge in [0.25, 0.3) is 0 Å². The number of carbonyl (C=O) groups is 2. The Balaban J connectivity index is 2.10. The van der Waals surface area contributed by atoms with E-state index in [2.05, 4.69) is 4.74 Å². The molecule has 0 N–H and O–H groups in total. The normalized spacial score (nSPS) is 11.9. The van der Waals surface area contributed by atoms with E-state index < -0.39 is 11.9 Å². The van der Waals surface area contributed by atoms with Crippen LogP contribution in [0.2, 0.25) is 0 Å². The number of likely N-dealkylation sites (N-methyl/N-ethyl adjacent to an activating group) is 1. The third kappa shape index (κ3) is 3.82. The van der Waals surface area contributed by atoms with Crippen molar-refractivity contribution in [2.45, 2.75) is 26.3 Å². The molecule has 0 bridgehead atoms. The van der Waals surface area contributed by atoms with Crippen LogP contribution in [0, 0.1) is 12.7 Å². The van der Waals surface area contributed by atoms with Gasteiger partial charge in [0.15, 0.2) is 0 Å². The van der Waals surface area contributed by atoms with Crippen LogP contribution in [0.15, 0.2) is 34.7 Å². The Morgan fingerprint density at radius 3 is 2.67 bits per heavy atom. The zero-order valence-corrected chi connectivity index (χ0v) is 14.1.